The topological polar surface area (TPSA) is 70.3 Å². The first-order valence-corrected chi connectivity index (χ1v) is 13.0. The highest BCUT2D eigenvalue weighted by atomic mass is 16.6. The van der Waals surface area contributed by atoms with Gasteiger partial charge < -0.3 is 14.2 Å². The van der Waals surface area contributed by atoms with E-state index in [2.05, 4.69) is 39.1 Å². The zero-order valence-electron chi connectivity index (χ0n) is 20.7. The molecule has 0 spiro atoms. The maximum atomic E-state index is 12.1. The molecule has 1 unspecified atom stereocenters. The molecular formula is C29H34N4O2. The van der Waals surface area contributed by atoms with Crippen molar-refractivity contribution in [2.45, 2.75) is 70.9 Å². The number of nitriles is 1. The molecule has 1 amide bonds. The molecule has 6 heteroatoms. The summed E-state index contributed by atoms with van der Waals surface area (Å²) in [4.78, 5) is 14.6. The van der Waals surface area contributed by atoms with Gasteiger partial charge >= 0.3 is 6.09 Å². The van der Waals surface area contributed by atoms with Crippen molar-refractivity contribution < 1.29 is 9.53 Å². The number of anilines is 2. The van der Waals surface area contributed by atoms with Gasteiger partial charge in [-0.2, -0.15) is 5.26 Å². The third-order valence-electron chi connectivity index (χ3n) is 7.55. The fraction of sp³-hybridized carbons (Fsp3) is 0.448. The molecule has 1 N–H and O–H groups in total. The normalized spacial score (nSPS) is 17.0. The largest absolute Gasteiger partial charge is 0.446 e. The van der Waals surface area contributed by atoms with Crippen LogP contribution in [0, 0.1) is 11.3 Å². The van der Waals surface area contributed by atoms with Gasteiger partial charge in [0.25, 0.3) is 0 Å². The summed E-state index contributed by atoms with van der Waals surface area (Å²) >= 11 is 0. The molecule has 1 aromatic heterocycles. The number of nitrogens with zero attached hydrogens (tertiary/aromatic N) is 3. The average molecular weight is 471 g/mol. The number of carbonyl (C=O) groups excluding carboxylic acids is 1. The summed E-state index contributed by atoms with van der Waals surface area (Å²) < 4.78 is 7.73. The minimum absolute atomic E-state index is 0.125. The molecule has 1 saturated heterocycles. The van der Waals surface area contributed by atoms with Gasteiger partial charge in [0, 0.05) is 35.9 Å². The number of nitrogens with one attached hydrogen (secondary N) is 1. The smallest absolute Gasteiger partial charge is 0.411 e. The van der Waals surface area contributed by atoms with Crippen LogP contribution in [0.15, 0.2) is 42.5 Å². The molecule has 2 heterocycles. The van der Waals surface area contributed by atoms with Crippen LogP contribution in [-0.2, 0) is 4.74 Å². The Bertz CT molecular complexity index is 1240. The van der Waals surface area contributed by atoms with Gasteiger partial charge in [0.2, 0.25) is 0 Å². The van der Waals surface area contributed by atoms with Gasteiger partial charge in [-0.1, -0.05) is 19.1 Å². The Balaban J connectivity index is 1.52. The van der Waals surface area contributed by atoms with Crippen LogP contribution < -0.4 is 10.2 Å². The fourth-order valence-electron chi connectivity index (χ4n) is 5.19. The van der Waals surface area contributed by atoms with Crippen LogP contribution in [0.2, 0.25) is 0 Å². The van der Waals surface area contributed by atoms with Crippen LogP contribution >= 0.6 is 0 Å². The van der Waals surface area contributed by atoms with Crippen molar-refractivity contribution in [3.63, 3.8) is 0 Å². The summed E-state index contributed by atoms with van der Waals surface area (Å²) in [5.74, 6) is 0. The van der Waals surface area contributed by atoms with E-state index in [1.54, 1.807) is 0 Å². The average Bonchev–Trinajstić information content (AvgIpc) is 3.17. The highest BCUT2D eigenvalue weighted by Crippen LogP contribution is 2.43. The van der Waals surface area contributed by atoms with Crippen LogP contribution in [0.25, 0.3) is 22.2 Å². The summed E-state index contributed by atoms with van der Waals surface area (Å²) in [6, 6.07) is 17.3. The van der Waals surface area contributed by atoms with Gasteiger partial charge in [0.05, 0.1) is 16.8 Å². The second kappa shape index (κ2) is 10.0. The molecule has 3 aromatic rings. The van der Waals surface area contributed by atoms with Gasteiger partial charge in [-0.3, -0.25) is 5.32 Å². The van der Waals surface area contributed by atoms with Crippen LogP contribution in [0.1, 0.15) is 70.4 Å². The highest BCUT2D eigenvalue weighted by molar-refractivity contribution is 5.96. The maximum Gasteiger partial charge on any atom is 0.411 e. The number of hydrogen-bond donors (Lipinski definition) is 1. The summed E-state index contributed by atoms with van der Waals surface area (Å²) in [5, 5.41) is 14.0. The van der Waals surface area contributed by atoms with E-state index in [9.17, 15) is 10.1 Å². The van der Waals surface area contributed by atoms with E-state index in [1.807, 2.05) is 38.1 Å². The number of ether oxygens (including phenoxy) is 1. The zero-order chi connectivity index (χ0) is 24.4. The number of fused-ring (bicyclic) bond motifs is 1. The third kappa shape index (κ3) is 4.60. The van der Waals surface area contributed by atoms with Crippen LogP contribution in [0.5, 0.6) is 0 Å². The zero-order valence-corrected chi connectivity index (χ0v) is 20.7. The summed E-state index contributed by atoms with van der Waals surface area (Å²) in [6.07, 6.45) is 7.48. The lowest BCUT2D eigenvalue weighted by atomic mass is 9.92. The van der Waals surface area contributed by atoms with Crippen molar-refractivity contribution in [3.05, 3.63) is 48.0 Å². The molecule has 1 saturated carbocycles. The van der Waals surface area contributed by atoms with Crippen LogP contribution in [0.4, 0.5) is 16.2 Å². The monoisotopic (exact) mass is 470 g/mol. The van der Waals surface area contributed by atoms with Crippen molar-refractivity contribution in [1.29, 1.82) is 5.26 Å². The first-order chi connectivity index (χ1) is 17.1. The van der Waals surface area contributed by atoms with E-state index < -0.39 is 6.09 Å². The lowest BCUT2D eigenvalue weighted by molar-refractivity contribution is 0.118. The number of benzene rings is 2. The van der Waals surface area contributed by atoms with Crippen LogP contribution in [-0.4, -0.2) is 29.9 Å². The maximum absolute atomic E-state index is 12.1. The standard InChI is InChI=1S/C29H34N4O2/c1-3-20(2)35-29(34)31-22-12-10-21(11-13-22)28-26(19-30)25-15-14-24(32-16-5-4-6-17-32)18-27(25)33(28)23-8-7-9-23/h10-15,18,20,23H,3-9,16-17H2,1-2H3,(H,31,34). The summed E-state index contributed by atoms with van der Waals surface area (Å²) in [6.45, 7) is 6.06. The van der Waals surface area contributed by atoms with Gasteiger partial charge in [-0.15, -0.1) is 0 Å². The van der Waals surface area contributed by atoms with Gasteiger partial charge in [-0.25, -0.2) is 4.79 Å². The second-order valence-electron chi connectivity index (χ2n) is 9.87. The van der Waals surface area contributed by atoms with E-state index in [0.717, 1.165) is 60.1 Å². The van der Waals surface area contributed by atoms with Crippen molar-refractivity contribution >= 4 is 28.4 Å². The lowest BCUT2D eigenvalue weighted by Crippen LogP contribution is -2.29. The minimum atomic E-state index is -0.446. The van der Waals surface area contributed by atoms with Crippen LogP contribution in [0.3, 0.4) is 0 Å². The Kier molecular flexibility index (Phi) is 6.68. The number of aromatic nitrogens is 1. The van der Waals surface area contributed by atoms with E-state index >= 15 is 0 Å². The van der Waals surface area contributed by atoms with E-state index in [1.165, 1.54) is 31.4 Å². The SMILES string of the molecule is CCC(C)OC(=O)Nc1ccc(-c2c(C#N)c3ccc(N4CCCCC4)cc3n2C2CCC2)cc1. The minimum Gasteiger partial charge on any atom is -0.446 e. The second-order valence-corrected chi connectivity index (χ2v) is 9.87. The van der Waals surface area contributed by atoms with Crippen molar-refractivity contribution in [3.8, 4) is 17.3 Å². The predicted octanol–water partition coefficient (Wildman–Crippen LogP) is 7.24. The molecule has 1 aliphatic heterocycles. The number of hydrogen-bond acceptors (Lipinski definition) is 4. The van der Waals surface area contributed by atoms with Crippen molar-refractivity contribution in [2.24, 2.45) is 0 Å². The molecule has 5 rings (SSSR count). The molecule has 1 atom stereocenters. The Labute approximate surface area is 207 Å². The molecule has 6 nitrogen and oxygen atoms in total. The Hall–Kier alpha value is -3.46. The third-order valence-corrected chi connectivity index (χ3v) is 7.55. The molecule has 0 radical (unpaired) electrons. The van der Waals surface area contributed by atoms with Gasteiger partial charge in [-0.05, 0) is 87.8 Å². The quantitative estimate of drug-likeness (QED) is 0.412. The summed E-state index contributed by atoms with van der Waals surface area (Å²) in [5.41, 5.74) is 5.80. The number of piperidine rings is 1. The fourth-order valence-corrected chi connectivity index (χ4v) is 5.19. The molecule has 0 bridgehead atoms. The number of carbonyl (C=O) groups is 1. The number of amides is 1. The van der Waals surface area contributed by atoms with Crippen molar-refractivity contribution in [1.82, 2.24) is 4.57 Å². The molecule has 2 aliphatic rings. The molecule has 35 heavy (non-hydrogen) atoms. The molecule has 182 valence electrons. The van der Waals surface area contributed by atoms with Gasteiger partial charge in [0.15, 0.2) is 0 Å². The lowest BCUT2D eigenvalue weighted by Gasteiger charge is -2.31. The van der Waals surface area contributed by atoms with E-state index in [-0.39, 0.29) is 6.10 Å². The first-order valence-electron chi connectivity index (χ1n) is 13.0. The molecule has 2 fully saturated rings. The number of rotatable bonds is 6. The molecular weight excluding hydrogens is 436 g/mol. The molecule has 1 aliphatic carbocycles. The van der Waals surface area contributed by atoms with E-state index in [4.69, 9.17) is 4.74 Å². The highest BCUT2D eigenvalue weighted by Gasteiger charge is 2.28. The predicted molar refractivity (Wildman–Crippen MR) is 141 cm³/mol. The molecule has 2 aromatic carbocycles. The Morgan fingerprint density at radius 2 is 1.86 bits per heavy atom. The van der Waals surface area contributed by atoms with Crippen molar-refractivity contribution in [2.75, 3.05) is 23.3 Å². The first kappa shape index (κ1) is 23.3. The summed E-state index contributed by atoms with van der Waals surface area (Å²) in [7, 11) is 0. The van der Waals surface area contributed by atoms with Gasteiger partial charge in [0.1, 0.15) is 12.2 Å². The Morgan fingerprint density at radius 1 is 1.11 bits per heavy atom. The van der Waals surface area contributed by atoms with E-state index in [0.29, 0.717) is 11.7 Å². The Morgan fingerprint density at radius 3 is 2.49 bits per heavy atom.